The number of hydrogen-bond acceptors (Lipinski definition) is 5. The Kier molecular flexibility index (Phi) is 6.19. The number of thioether (sulfide) groups is 1. The molecule has 1 heterocycles. The SMILES string of the molecule is CCOC(=O)c1ccc(NC(=O)CSc2sc3ccccc3c2Cl)cc1. The second-order valence-corrected chi connectivity index (χ2v) is 8.01. The highest BCUT2D eigenvalue weighted by Crippen LogP contribution is 2.41. The number of carbonyl (C=O) groups excluding carboxylic acids is 2. The number of fused-ring (bicyclic) bond motifs is 1. The second kappa shape index (κ2) is 8.58. The van der Waals surface area contributed by atoms with Gasteiger partial charge in [-0.2, -0.15) is 0 Å². The number of esters is 1. The molecule has 134 valence electrons. The Morgan fingerprint density at radius 1 is 1.15 bits per heavy atom. The number of nitrogens with one attached hydrogen (secondary N) is 1. The van der Waals surface area contributed by atoms with Gasteiger partial charge in [0.15, 0.2) is 0 Å². The van der Waals surface area contributed by atoms with E-state index in [2.05, 4.69) is 5.32 Å². The molecule has 1 amide bonds. The summed E-state index contributed by atoms with van der Waals surface area (Å²) in [5.74, 6) is -0.251. The van der Waals surface area contributed by atoms with E-state index in [1.165, 1.54) is 11.8 Å². The average Bonchev–Trinajstić information content (AvgIpc) is 2.97. The zero-order valence-electron chi connectivity index (χ0n) is 14.0. The van der Waals surface area contributed by atoms with Crippen molar-refractivity contribution in [3.63, 3.8) is 0 Å². The van der Waals surface area contributed by atoms with Gasteiger partial charge in [-0.05, 0) is 37.3 Å². The lowest BCUT2D eigenvalue weighted by atomic mass is 10.2. The van der Waals surface area contributed by atoms with Gasteiger partial charge in [0.2, 0.25) is 5.91 Å². The number of thiophene rings is 1. The zero-order chi connectivity index (χ0) is 18.5. The molecular weight excluding hydrogens is 390 g/mol. The molecule has 0 aliphatic carbocycles. The lowest BCUT2D eigenvalue weighted by molar-refractivity contribution is -0.113. The van der Waals surface area contributed by atoms with Crippen LogP contribution in [-0.4, -0.2) is 24.2 Å². The molecule has 0 fully saturated rings. The minimum absolute atomic E-state index is 0.132. The lowest BCUT2D eigenvalue weighted by Gasteiger charge is -2.06. The molecule has 7 heteroatoms. The van der Waals surface area contributed by atoms with Gasteiger partial charge in [0.05, 0.1) is 27.2 Å². The molecule has 26 heavy (non-hydrogen) atoms. The second-order valence-electron chi connectivity index (χ2n) is 5.33. The Bertz CT molecular complexity index is 938. The minimum Gasteiger partial charge on any atom is -0.462 e. The molecule has 0 unspecified atom stereocenters. The normalized spacial score (nSPS) is 10.7. The molecule has 0 atom stereocenters. The van der Waals surface area contributed by atoms with Crippen molar-refractivity contribution in [2.45, 2.75) is 11.1 Å². The molecule has 0 saturated heterocycles. The molecule has 1 N–H and O–H groups in total. The van der Waals surface area contributed by atoms with Crippen molar-refractivity contribution in [3.8, 4) is 0 Å². The Hall–Kier alpha value is -2.02. The molecule has 0 spiro atoms. The maximum absolute atomic E-state index is 12.2. The first-order chi connectivity index (χ1) is 12.6. The highest BCUT2D eigenvalue weighted by molar-refractivity contribution is 8.02. The standard InChI is InChI=1S/C19H16ClNO3S2/c1-2-24-18(23)12-7-9-13(10-8-12)21-16(22)11-25-19-17(20)14-5-3-4-6-15(14)26-19/h3-10H,2,11H2,1H3,(H,21,22). The van der Waals surface area contributed by atoms with Crippen molar-refractivity contribution < 1.29 is 14.3 Å². The number of amides is 1. The Morgan fingerprint density at radius 3 is 2.58 bits per heavy atom. The fourth-order valence-electron chi connectivity index (χ4n) is 2.32. The van der Waals surface area contributed by atoms with Crippen LogP contribution in [0.25, 0.3) is 10.1 Å². The molecule has 0 saturated carbocycles. The molecule has 0 aliphatic rings. The van der Waals surface area contributed by atoms with E-state index in [-0.39, 0.29) is 17.6 Å². The van der Waals surface area contributed by atoms with Crippen LogP contribution in [-0.2, 0) is 9.53 Å². The van der Waals surface area contributed by atoms with Gasteiger partial charge in [-0.3, -0.25) is 4.79 Å². The lowest BCUT2D eigenvalue weighted by Crippen LogP contribution is -2.14. The van der Waals surface area contributed by atoms with E-state index >= 15 is 0 Å². The van der Waals surface area contributed by atoms with Crippen LogP contribution in [0.4, 0.5) is 5.69 Å². The van der Waals surface area contributed by atoms with Gasteiger partial charge in [-0.25, -0.2) is 4.79 Å². The zero-order valence-corrected chi connectivity index (χ0v) is 16.3. The third-order valence-corrected chi connectivity index (χ3v) is 6.58. The van der Waals surface area contributed by atoms with Crippen LogP contribution < -0.4 is 5.32 Å². The highest BCUT2D eigenvalue weighted by atomic mass is 35.5. The Morgan fingerprint density at radius 2 is 1.88 bits per heavy atom. The Balaban J connectivity index is 1.58. The number of benzene rings is 2. The van der Waals surface area contributed by atoms with Gasteiger partial charge in [-0.1, -0.05) is 29.8 Å². The number of ether oxygens (including phenoxy) is 1. The van der Waals surface area contributed by atoms with Crippen LogP contribution in [0, 0.1) is 0 Å². The summed E-state index contributed by atoms with van der Waals surface area (Å²) in [5.41, 5.74) is 1.09. The monoisotopic (exact) mass is 405 g/mol. The number of hydrogen-bond donors (Lipinski definition) is 1. The molecule has 2 aromatic carbocycles. The average molecular weight is 406 g/mol. The first-order valence-electron chi connectivity index (χ1n) is 7.95. The van der Waals surface area contributed by atoms with Crippen LogP contribution in [0.15, 0.2) is 52.7 Å². The molecule has 3 rings (SSSR count). The summed E-state index contributed by atoms with van der Waals surface area (Å²) in [6, 6.07) is 14.5. The Labute approximate surface area is 164 Å². The summed E-state index contributed by atoms with van der Waals surface area (Å²) in [5, 5.41) is 4.52. The summed E-state index contributed by atoms with van der Waals surface area (Å²) < 4.78 is 6.97. The third kappa shape index (κ3) is 4.38. The van der Waals surface area contributed by atoms with Crippen LogP contribution in [0.2, 0.25) is 5.02 Å². The molecule has 4 nitrogen and oxygen atoms in total. The first kappa shape index (κ1) is 18.8. The smallest absolute Gasteiger partial charge is 0.338 e. The number of rotatable bonds is 6. The van der Waals surface area contributed by atoms with E-state index < -0.39 is 0 Å². The van der Waals surface area contributed by atoms with Gasteiger partial charge in [-0.15, -0.1) is 23.1 Å². The fraction of sp³-hybridized carbons (Fsp3) is 0.158. The van der Waals surface area contributed by atoms with Crippen LogP contribution in [0.5, 0.6) is 0 Å². The summed E-state index contributed by atoms with van der Waals surface area (Å²) in [7, 11) is 0. The first-order valence-corrected chi connectivity index (χ1v) is 10.1. The van der Waals surface area contributed by atoms with E-state index in [0.29, 0.717) is 22.9 Å². The number of anilines is 1. The minimum atomic E-state index is -0.375. The van der Waals surface area contributed by atoms with Crippen LogP contribution in [0.1, 0.15) is 17.3 Å². The van der Waals surface area contributed by atoms with Crippen molar-refractivity contribution in [2.24, 2.45) is 0 Å². The highest BCUT2D eigenvalue weighted by Gasteiger charge is 2.13. The maximum Gasteiger partial charge on any atom is 0.338 e. The van der Waals surface area contributed by atoms with Gasteiger partial charge < -0.3 is 10.1 Å². The van der Waals surface area contributed by atoms with E-state index in [1.54, 1.807) is 42.5 Å². The van der Waals surface area contributed by atoms with Crippen molar-refractivity contribution >= 4 is 62.3 Å². The summed E-state index contributed by atoms with van der Waals surface area (Å²) in [6.45, 7) is 2.09. The van der Waals surface area contributed by atoms with E-state index in [1.807, 2.05) is 24.3 Å². The van der Waals surface area contributed by atoms with Crippen molar-refractivity contribution in [1.29, 1.82) is 0 Å². The third-order valence-electron chi connectivity index (χ3n) is 3.52. The predicted molar refractivity (Wildman–Crippen MR) is 109 cm³/mol. The van der Waals surface area contributed by atoms with E-state index in [0.717, 1.165) is 14.3 Å². The molecule has 0 aliphatic heterocycles. The van der Waals surface area contributed by atoms with Crippen molar-refractivity contribution in [2.75, 3.05) is 17.7 Å². The molecule has 0 bridgehead atoms. The molecule has 3 aromatic rings. The molecule has 1 aromatic heterocycles. The van der Waals surface area contributed by atoms with Crippen LogP contribution in [0.3, 0.4) is 0 Å². The van der Waals surface area contributed by atoms with Gasteiger partial charge in [0, 0.05) is 15.8 Å². The van der Waals surface area contributed by atoms with Crippen LogP contribution >= 0.6 is 34.7 Å². The van der Waals surface area contributed by atoms with Gasteiger partial charge >= 0.3 is 5.97 Å². The maximum atomic E-state index is 12.2. The summed E-state index contributed by atoms with van der Waals surface area (Å²) in [4.78, 5) is 23.8. The van der Waals surface area contributed by atoms with Gasteiger partial charge in [0.1, 0.15) is 0 Å². The van der Waals surface area contributed by atoms with E-state index in [4.69, 9.17) is 16.3 Å². The van der Waals surface area contributed by atoms with Crippen molar-refractivity contribution in [3.05, 3.63) is 59.1 Å². The summed E-state index contributed by atoms with van der Waals surface area (Å²) in [6.07, 6.45) is 0. The molecule has 0 radical (unpaired) electrons. The quantitative estimate of drug-likeness (QED) is 0.437. The number of carbonyl (C=O) groups is 2. The molecular formula is C19H16ClNO3S2. The predicted octanol–water partition coefficient (Wildman–Crippen LogP) is 5.46. The largest absolute Gasteiger partial charge is 0.462 e. The van der Waals surface area contributed by atoms with Gasteiger partial charge in [0.25, 0.3) is 0 Å². The van der Waals surface area contributed by atoms with Crippen molar-refractivity contribution in [1.82, 2.24) is 0 Å². The number of halogens is 1. The summed E-state index contributed by atoms with van der Waals surface area (Å²) >= 11 is 9.38. The fourth-order valence-corrected chi connectivity index (χ4v) is 4.90. The van der Waals surface area contributed by atoms with E-state index in [9.17, 15) is 9.59 Å². The topological polar surface area (TPSA) is 55.4 Å².